The van der Waals surface area contributed by atoms with Crippen LogP contribution in [0.1, 0.15) is 75.3 Å². The van der Waals surface area contributed by atoms with E-state index in [0.717, 1.165) is 6.54 Å². The summed E-state index contributed by atoms with van der Waals surface area (Å²) in [5, 5.41) is 5.94. The lowest BCUT2D eigenvalue weighted by Crippen LogP contribution is -2.20. The molecule has 0 aliphatic rings. The molecule has 1 heterocycles. The first-order valence-electron chi connectivity index (χ1n) is 7.56. The lowest BCUT2D eigenvalue weighted by atomic mass is 10.0. The number of rotatable bonds is 10. The van der Waals surface area contributed by atoms with Gasteiger partial charge >= 0.3 is 0 Å². The van der Waals surface area contributed by atoms with Crippen molar-refractivity contribution in [3.8, 4) is 0 Å². The van der Waals surface area contributed by atoms with Gasteiger partial charge < -0.3 is 5.32 Å². The van der Waals surface area contributed by atoms with Crippen LogP contribution >= 0.6 is 11.3 Å². The number of hydrogen-bond donors (Lipinski definition) is 1. The lowest BCUT2D eigenvalue weighted by Gasteiger charge is -2.16. The van der Waals surface area contributed by atoms with Crippen LogP contribution < -0.4 is 5.32 Å². The molecule has 0 saturated carbocycles. The molecule has 1 N–H and O–H groups in total. The van der Waals surface area contributed by atoms with Crippen LogP contribution in [-0.2, 0) is 0 Å². The van der Waals surface area contributed by atoms with Gasteiger partial charge in [-0.25, -0.2) is 0 Å². The molecule has 0 aliphatic carbocycles. The second-order valence-electron chi connectivity index (χ2n) is 5.16. The van der Waals surface area contributed by atoms with Gasteiger partial charge in [-0.2, -0.15) is 0 Å². The predicted molar refractivity (Wildman–Crippen MR) is 83.5 cm³/mol. The van der Waals surface area contributed by atoms with Crippen molar-refractivity contribution in [2.75, 3.05) is 6.54 Å². The largest absolute Gasteiger partial charge is 0.310 e. The summed E-state index contributed by atoms with van der Waals surface area (Å²) in [5.41, 5.74) is 1.49. The molecular formula is C16H29NS. The molecule has 0 radical (unpaired) electrons. The number of unbranched alkanes of at least 4 members (excludes halogenated alkanes) is 5. The molecule has 0 aromatic carbocycles. The summed E-state index contributed by atoms with van der Waals surface area (Å²) in [5.74, 6) is 0. The van der Waals surface area contributed by atoms with E-state index in [9.17, 15) is 0 Å². The highest BCUT2D eigenvalue weighted by Crippen LogP contribution is 2.24. The monoisotopic (exact) mass is 267 g/mol. The highest BCUT2D eigenvalue weighted by atomic mass is 32.1. The van der Waals surface area contributed by atoms with Gasteiger partial charge in [-0.15, -0.1) is 11.3 Å². The number of hydrogen-bond acceptors (Lipinski definition) is 2. The minimum atomic E-state index is 0.575. The molecule has 2 heteroatoms. The molecule has 1 nitrogen and oxygen atoms in total. The van der Waals surface area contributed by atoms with Crippen LogP contribution in [0.5, 0.6) is 0 Å². The normalized spacial score (nSPS) is 12.8. The molecule has 1 unspecified atom stereocenters. The van der Waals surface area contributed by atoms with Gasteiger partial charge in [0.2, 0.25) is 0 Å². The van der Waals surface area contributed by atoms with E-state index in [-0.39, 0.29) is 0 Å². The average molecular weight is 267 g/mol. The Labute approximate surface area is 117 Å². The van der Waals surface area contributed by atoms with Gasteiger partial charge in [0.1, 0.15) is 0 Å². The summed E-state index contributed by atoms with van der Waals surface area (Å²) in [6, 6.07) is 2.92. The average Bonchev–Trinajstić information content (AvgIpc) is 2.79. The summed E-state index contributed by atoms with van der Waals surface area (Å²) in [6.45, 7) is 7.74. The second-order valence-corrected chi connectivity index (χ2v) is 6.27. The van der Waals surface area contributed by atoms with Crippen molar-refractivity contribution in [3.63, 3.8) is 0 Å². The Bertz CT molecular complexity index is 306. The van der Waals surface area contributed by atoms with E-state index in [0.29, 0.717) is 6.04 Å². The van der Waals surface area contributed by atoms with E-state index >= 15 is 0 Å². The molecule has 1 rings (SSSR count). The van der Waals surface area contributed by atoms with Crippen molar-refractivity contribution in [1.82, 2.24) is 5.32 Å². The Morgan fingerprint density at radius 2 is 1.83 bits per heavy atom. The predicted octanol–water partition coefficient (Wildman–Crippen LogP) is 5.46. The summed E-state index contributed by atoms with van der Waals surface area (Å²) in [6.07, 6.45) is 9.61. The van der Waals surface area contributed by atoms with Crippen LogP contribution in [0.2, 0.25) is 0 Å². The maximum absolute atomic E-state index is 3.62. The third kappa shape index (κ3) is 6.01. The minimum absolute atomic E-state index is 0.575. The van der Waals surface area contributed by atoms with E-state index in [1.807, 2.05) is 11.3 Å². The summed E-state index contributed by atoms with van der Waals surface area (Å²) < 4.78 is 0. The van der Waals surface area contributed by atoms with Crippen LogP contribution in [-0.4, -0.2) is 6.54 Å². The zero-order chi connectivity index (χ0) is 13.2. The Morgan fingerprint density at radius 3 is 2.44 bits per heavy atom. The van der Waals surface area contributed by atoms with Crippen LogP contribution in [0.25, 0.3) is 0 Å². The lowest BCUT2D eigenvalue weighted by molar-refractivity contribution is 0.478. The van der Waals surface area contributed by atoms with Crippen molar-refractivity contribution in [2.24, 2.45) is 0 Å². The van der Waals surface area contributed by atoms with E-state index < -0.39 is 0 Å². The van der Waals surface area contributed by atoms with Gasteiger partial charge in [0, 0.05) is 10.9 Å². The van der Waals surface area contributed by atoms with Crippen LogP contribution in [0, 0.1) is 6.92 Å². The molecule has 1 atom stereocenters. The van der Waals surface area contributed by atoms with Crippen LogP contribution in [0.4, 0.5) is 0 Å². The first-order chi connectivity index (χ1) is 8.77. The molecule has 0 bridgehead atoms. The van der Waals surface area contributed by atoms with Gasteiger partial charge in [-0.1, -0.05) is 52.4 Å². The summed E-state index contributed by atoms with van der Waals surface area (Å²) >= 11 is 1.87. The Kier molecular flexibility index (Phi) is 8.36. The molecule has 18 heavy (non-hydrogen) atoms. The SMILES string of the molecule is CCCCCCCCC(NCC)c1csc(C)c1. The van der Waals surface area contributed by atoms with E-state index in [1.165, 1.54) is 55.4 Å². The van der Waals surface area contributed by atoms with E-state index in [2.05, 4.69) is 37.5 Å². The first kappa shape index (κ1) is 15.7. The quantitative estimate of drug-likeness (QED) is 0.555. The van der Waals surface area contributed by atoms with Crippen molar-refractivity contribution in [3.05, 3.63) is 21.9 Å². The smallest absolute Gasteiger partial charge is 0.0328 e. The van der Waals surface area contributed by atoms with Gasteiger partial charge in [0.25, 0.3) is 0 Å². The Hall–Kier alpha value is -0.340. The fraction of sp³-hybridized carbons (Fsp3) is 0.750. The first-order valence-corrected chi connectivity index (χ1v) is 8.44. The topological polar surface area (TPSA) is 12.0 Å². The molecule has 0 fully saturated rings. The van der Waals surface area contributed by atoms with Gasteiger partial charge in [0.05, 0.1) is 0 Å². The van der Waals surface area contributed by atoms with Crippen molar-refractivity contribution >= 4 is 11.3 Å². The molecule has 1 aromatic heterocycles. The number of aryl methyl sites for hydroxylation is 1. The third-order valence-electron chi connectivity index (χ3n) is 3.45. The highest BCUT2D eigenvalue weighted by Gasteiger charge is 2.10. The van der Waals surface area contributed by atoms with Crippen molar-refractivity contribution in [2.45, 2.75) is 71.8 Å². The van der Waals surface area contributed by atoms with E-state index in [1.54, 1.807) is 0 Å². The molecule has 0 aliphatic heterocycles. The van der Waals surface area contributed by atoms with Crippen molar-refractivity contribution in [1.29, 1.82) is 0 Å². The summed E-state index contributed by atoms with van der Waals surface area (Å²) in [7, 11) is 0. The van der Waals surface area contributed by atoms with Crippen LogP contribution in [0.3, 0.4) is 0 Å². The third-order valence-corrected chi connectivity index (χ3v) is 4.33. The maximum atomic E-state index is 3.62. The fourth-order valence-electron chi connectivity index (χ4n) is 2.41. The molecular weight excluding hydrogens is 238 g/mol. The summed E-state index contributed by atoms with van der Waals surface area (Å²) in [4.78, 5) is 1.43. The highest BCUT2D eigenvalue weighted by molar-refractivity contribution is 7.10. The minimum Gasteiger partial charge on any atom is -0.310 e. The van der Waals surface area contributed by atoms with Gasteiger partial charge in [-0.05, 0) is 36.9 Å². The number of nitrogens with one attached hydrogen (secondary N) is 1. The van der Waals surface area contributed by atoms with Crippen LogP contribution in [0.15, 0.2) is 11.4 Å². The Balaban J connectivity index is 2.26. The van der Waals surface area contributed by atoms with Crippen molar-refractivity contribution < 1.29 is 0 Å². The molecule has 104 valence electrons. The van der Waals surface area contributed by atoms with Gasteiger partial charge in [0.15, 0.2) is 0 Å². The molecule has 0 spiro atoms. The maximum Gasteiger partial charge on any atom is 0.0328 e. The molecule has 0 amide bonds. The zero-order valence-corrected chi connectivity index (χ0v) is 13.1. The standard InChI is InChI=1S/C16H29NS/c1-4-6-7-8-9-10-11-16(17-5-2)15-12-14(3)18-13-15/h12-13,16-17H,4-11H2,1-3H3. The number of thiophene rings is 1. The fourth-order valence-corrected chi connectivity index (χ4v) is 3.17. The second kappa shape index (κ2) is 9.57. The molecule has 1 aromatic rings. The van der Waals surface area contributed by atoms with E-state index in [4.69, 9.17) is 0 Å². The zero-order valence-electron chi connectivity index (χ0n) is 12.3. The van der Waals surface area contributed by atoms with Gasteiger partial charge in [-0.3, -0.25) is 0 Å². The Morgan fingerprint density at radius 1 is 1.11 bits per heavy atom. The molecule has 0 saturated heterocycles.